The Morgan fingerprint density at radius 2 is 1.60 bits per heavy atom. The Labute approximate surface area is 63.1 Å². The molecule has 1 aromatic heterocycles. The number of aromatic nitrogens is 1. The van der Waals surface area contributed by atoms with Crippen LogP contribution in [0.2, 0.25) is 0 Å². The van der Waals surface area contributed by atoms with Gasteiger partial charge in [-0.2, -0.15) is 8.42 Å². The fourth-order valence-electron chi connectivity index (χ4n) is 0.278. The van der Waals surface area contributed by atoms with E-state index in [4.69, 9.17) is 13.0 Å². The Kier molecular flexibility index (Phi) is 4.10. The van der Waals surface area contributed by atoms with Gasteiger partial charge in [0.25, 0.3) is 0 Å². The average Bonchev–Trinajstić information content (AvgIpc) is 2.07. The van der Waals surface area contributed by atoms with Gasteiger partial charge in [-0.1, -0.05) is 0 Å². The molecule has 0 aromatic carbocycles. The molecule has 10 heavy (non-hydrogen) atoms. The molecule has 58 valence electrons. The van der Waals surface area contributed by atoms with Crippen LogP contribution in [0.15, 0.2) is 24.5 Å². The standard InChI is InChI=1S/C4H5N.ClHO3S/c1-2-4-5-3-1;1-5(2,3)4/h1-5H;(H,2,3,4). The van der Waals surface area contributed by atoms with E-state index >= 15 is 0 Å². The maximum Gasteiger partial charge on any atom is 0.353 e. The highest BCUT2D eigenvalue weighted by Gasteiger charge is 1.86. The first-order valence-electron chi connectivity index (χ1n) is 2.25. The molecule has 0 saturated carbocycles. The molecular weight excluding hydrogens is 178 g/mol. The monoisotopic (exact) mass is 183 g/mol. The molecule has 0 spiro atoms. The fourth-order valence-corrected chi connectivity index (χ4v) is 0.278. The number of rotatable bonds is 0. The van der Waals surface area contributed by atoms with Crippen LogP contribution in [0.1, 0.15) is 0 Å². The normalized spacial score (nSPS) is 9.80. The number of hydrogen-bond donors (Lipinski definition) is 2. The third-order valence-electron chi connectivity index (χ3n) is 0.496. The van der Waals surface area contributed by atoms with Crippen LogP contribution < -0.4 is 0 Å². The largest absolute Gasteiger partial charge is 0.368 e. The minimum atomic E-state index is -4.19. The van der Waals surface area contributed by atoms with Crippen LogP contribution in [-0.4, -0.2) is 18.0 Å². The summed E-state index contributed by atoms with van der Waals surface area (Å²) in [6.07, 6.45) is 3.75. The van der Waals surface area contributed by atoms with Gasteiger partial charge >= 0.3 is 9.33 Å². The third kappa shape index (κ3) is 15.6. The first-order chi connectivity index (χ1) is 4.50. The zero-order chi connectivity index (χ0) is 8.04. The van der Waals surface area contributed by atoms with Gasteiger partial charge in [-0.15, -0.1) is 0 Å². The number of nitrogens with one attached hydrogen (secondary N) is 1. The molecule has 0 radical (unpaired) electrons. The highest BCUT2D eigenvalue weighted by molar-refractivity contribution is 8.09. The van der Waals surface area contributed by atoms with Gasteiger partial charge in [-0.05, 0) is 12.1 Å². The van der Waals surface area contributed by atoms with Crippen molar-refractivity contribution < 1.29 is 13.0 Å². The summed E-state index contributed by atoms with van der Waals surface area (Å²) in [5.41, 5.74) is 0. The molecule has 1 aromatic rings. The van der Waals surface area contributed by atoms with Gasteiger partial charge < -0.3 is 4.98 Å². The van der Waals surface area contributed by atoms with Gasteiger partial charge in [0.05, 0.1) is 0 Å². The zero-order valence-corrected chi connectivity index (χ0v) is 6.43. The van der Waals surface area contributed by atoms with Crippen LogP contribution in [0, 0.1) is 0 Å². The second-order valence-electron chi connectivity index (χ2n) is 1.30. The Morgan fingerprint density at radius 3 is 1.70 bits per heavy atom. The first-order valence-corrected chi connectivity index (χ1v) is 4.51. The maximum atomic E-state index is 8.95. The molecule has 1 rings (SSSR count). The molecule has 0 unspecified atom stereocenters. The predicted octanol–water partition coefficient (Wildman–Crippen LogP) is 1.04. The van der Waals surface area contributed by atoms with Crippen molar-refractivity contribution in [3.05, 3.63) is 24.5 Å². The average molecular weight is 184 g/mol. The lowest BCUT2D eigenvalue weighted by Gasteiger charge is -1.65. The van der Waals surface area contributed by atoms with Crippen LogP contribution in [0.5, 0.6) is 0 Å². The summed E-state index contributed by atoms with van der Waals surface area (Å²) in [5, 5.41) is 0. The second-order valence-corrected chi connectivity index (χ2v) is 3.29. The summed E-state index contributed by atoms with van der Waals surface area (Å²) in [6.45, 7) is 0. The summed E-state index contributed by atoms with van der Waals surface area (Å²) in [4.78, 5) is 2.86. The summed E-state index contributed by atoms with van der Waals surface area (Å²) in [7, 11) is -0.137. The molecule has 4 nitrogen and oxygen atoms in total. The first kappa shape index (κ1) is 9.48. The SMILES string of the molecule is O=S(=O)(O)Cl.c1cc[nH]c1. The molecule has 0 atom stereocenters. The van der Waals surface area contributed by atoms with Crippen LogP contribution in [0.3, 0.4) is 0 Å². The van der Waals surface area contributed by atoms with E-state index < -0.39 is 9.33 Å². The van der Waals surface area contributed by atoms with Crippen molar-refractivity contribution in [3.8, 4) is 0 Å². The van der Waals surface area contributed by atoms with Crippen LogP contribution in [0.25, 0.3) is 0 Å². The van der Waals surface area contributed by atoms with E-state index in [9.17, 15) is 0 Å². The quantitative estimate of drug-likeness (QED) is 0.467. The molecule has 0 fully saturated rings. The Morgan fingerprint density at radius 1 is 1.30 bits per heavy atom. The lowest BCUT2D eigenvalue weighted by molar-refractivity contribution is 0.501. The van der Waals surface area contributed by atoms with E-state index in [0.717, 1.165) is 0 Å². The van der Waals surface area contributed by atoms with Crippen molar-refractivity contribution in [1.82, 2.24) is 4.98 Å². The fraction of sp³-hybridized carbons (Fsp3) is 0. The van der Waals surface area contributed by atoms with Crippen LogP contribution in [0.4, 0.5) is 0 Å². The molecule has 1 heterocycles. The van der Waals surface area contributed by atoms with Gasteiger partial charge in [0.1, 0.15) is 0 Å². The van der Waals surface area contributed by atoms with E-state index in [1.807, 2.05) is 24.5 Å². The number of hydrogen-bond acceptors (Lipinski definition) is 2. The third-order valence-corrected chi connectivity index (χ3v) is 0.496. The van der Waals surface area contributed by atoms with E-state index in [2.05, 4.69) is 15.7 Å². The van der Waals surface area contributed by atoms with Crippen molar-refractivity contribution in [1.29, 1.82) is 0 Å². The minimum absolute atomic E-state index is 1.88. The van der Waals surface area contributed by atoms with E-state index in [0.29, 0.717) is 0 Å². The molecule has 0 saturated heterocycles. The number of H-pyrrole nitrogens is 1. The van der Waals surface area contributed by atoms with E-state index in [1.54, 1.807) is 0 Å². The van der Waals surface area contributed by atoms with Gasteiger partial charge in [-0.25, -0.2) is 0 Å². The minimum Gasteiger partial charge on any atom is -0.368 e. The van der Waals surface area contributed by atoms with Crippen molar-refractivity contribution in [3.63, 3.8) is 0 Å². The highest BCUT2D eigenvalue weighted by atomic mass is 35.7. The summed E-state index contributed by atoms with van der Waals surface area (Å²) in [5.74, 6) is 0. The Bertz CT molecular complexity index is 216. The zero-order valence-electron chi connectivity index (χ0n) is 4.86. The lowest BCUT2D eigenvalue weighted by Crippen LogP contribution is -1.77. The van der Waals surface area contributed by atoms with E-state index in [1.165, 1.54) is 0 Å². The lowest BCUT2D eigenvalue weighted by atomic mass is 10.7. The molecule has 0 aliphatic carbocycles. The Hall–Kier alpha value is -0.520. The van der Waals surface area contributed by atoms with Crippen molar-refractivity contribution in [2.75, 3.05) is 0 Å². The smallest absolute Gasteiger partial charge is 0.353 e. The molecule has 6 heteroatoms. The molecule has 0 aliphatic heterocycles. The molecular formula is C4H6ClNO3S. The van der Waals surface area contributed by atoms with Crippen LogP contribution in [-0.2, 0) is 9.33 Å². The van der Waals surface area contributed by atoms with Gasteiger partial charge in [0.2, 0.25) is 0 Å². The molecule has 2 N–H and O–H groups in total. The second kappa shape index (κ2) is 4.32. The van der Waals surface area contributed by atoms with Crippen molar-refractivity contribution in [2.45, 2.75) is 0 Å². The van der Waals surface area contributed by atoms with Crippen LogP contribution >= 0.6 is 10.7 Å². The van der Waals surface area contributed by atoms with Gasteiger partial charge in [0, 0.05) is 23.1 Å². The Balaban J connectivity index is 0.000000162. The van der Waals surface area contributed by atoms with Gasteiger partial charge in [0.15, 0.2) is 0 Å². The molecule has 0 bridgehead atoms. The van der Waals surface area contributed by atoms with E-state index in [-0.39, 0.29) is 0 Å². The number of halogens is 1. The number of aromatic amines is 1. The summed E-state index contributed by atoms with van der Waals surface area (Å²) < 4.78 is 25.2. The van der Waals surface area contributed by atoms with Crippen molar-refractivity contribution in [2.24, 2.45) is 0 Å². The van der Waals surface area contributed by atoms with Gasteiger partial charge in [-0.3, -0.25) is 4.55 Å². The predicted molar refractivity (Wildman–Crippen MR) is 38.2 cm³/mol. The topological polar surface area (TPSA) is 70.2 Å². The summed E-state index contributed by atoms with van der Waals surface area (Å²) in [6, 6.07) is 3.89. The highest BCUT2D eigenvalue weighted by Crippen LogP contribution is 1.82. The molecule has 0 aliphatic rings. The summed E-state index contributed by atoms with van der Waals surface area (Å²) >= 11 is 0. The maximum absolute atomic E-state index is 8.95. The molecule has 0 amide bonds. The van der Waals surface area contributed by atoms with Crippen molar-refractivity contribution >= 4 is 20.0 Å².